The van der Waals surface area contributed by atoms with Gasteiger partial charge in [0.15, 0.2) is 5.17 Å². The maximum atomic E-state index is 11.3. The molecule has 2 N–H and O–H groups in total. The summed E-state index contributed by atoms with van der Waals surface area (Å²) >= 11 is 1.37. The molecule has 0 saturated carbocycles. The second-order valence-corrected chi connectivity index (χ2v) is 4.40. The molecule has 0 radical (unpaired) electrons. The van der Waals surface area contributed by atoms with Crippen LogP contribution in [0.1, 0.15) is 6.92 Å². The molecule has 0 fully saturated rings. The lowest BCUT2D eigenvalue weighted by Gasteiger charge is -2.15. The van der Waals surface area contributed by atoms with Crippen LogP contribution in [-0.2, 0) is 4.79 Å². The highest BCUT2D eigenvalue weighted by Crippen LogP contribution is 2.28. The maximum absolute atomic E-state index is 11.3. The zero-order chi connectivity index (χ0) is 13.7. The molecule has 98 valence electrons. The SMILES string of the molecule is CNc1ccc(N=C(SC)N(C)C(C)=O)cc1O. The van der Waals surface area contributed by atoms with Crippen molar-refractivity contribution in [1.29, 1.82) is 0 Å². The molecule has 0 atom stereocenters. The first kappa shape index (κ1) is 14.4. The Hall–Kier alpha value is -1.69. The van der Waals surface area contributed by atoms with E-state index in [0.717, 1.165) is 0 Å². The number of benzene rings is 1. The molecular formula is C12H17N3O2S. The summed E-state index contributed by atoms with van der Waals surface area (Å²) in [7, 11) is 3.40. The molecule has 0 spiro atoms. The second kappa shape index (κ2) is 6.30. The number of hydrogen-bond acceptors (Lipinski definition) is 5. The number of rotatable bonds is 2. The Morgan fingerprint density at radius 3 is 2.61 bits per heavy atom. The van der Waals surface area contributed by atoms with Gasteiger partial charge in [-0.1, -0.05) is 11.8 Å². The van der Waals surface area contributed by atoms with Crippen LogP contribution in [0, 0.1) is 0 Å². The van der Waals surface area contributed by atoms with Crippen molar-refractivity contribution < 1.29 is 9.90 Å². The number of phenolic OH excluding ortho intramolecular Hbond substituents is 1. The van der Waals surface area contributed by atoms with E-state index in [9.17, 15) is 9.90 Å². The summed E-state index contributed by atoms with van der Waals surface area (Å²) in [5, 5.41) is 13.2. The molecule has 1 rings (SSSR count). The molecule has 5 nitrogen and oxygen atoms in total. The fraction of sp³-hybridized carbons (Fsp3) is 0.333. The number of amidine groups is 1. The van der Waals surface area contributed by atoms with E-state index < -0.39 is 0 Å². The third-order valence-corrected chi connectivity index (χ3v) is 3.15. The van der Waals surface area contributed by atoms with Crippen molar-refractivity contribution in [3.05, 3.63) is 18.2 Å². The predicted molar refractivity (Wildman–Crippen MR) is 76.7 cm³/mol. The lowest BCUT2D eigenvalue weighted by Crippen LogP contribution is -2.28. The van der Waals surface area contributed by atoms with Gasteiger partial charge in [0.1, 0.15) is 5.75 Å². The zero-order valence-electron chi connectivity index (χ0n) is 10.9. The van der Waals surface area contributed by atoms with Crippen LogP contribution in [0.25, 0.3) is 0 Å². The highest BCUT2D eigenvalue weighted by Gasteiger charge is 2.10. The Kier molecular flexibility index (Phi) is 5.03. The van der Waals surface area contributed by atoms with Crippen LogP contribution in [0.4, 0.5) is 11.4 Å². The van der Waals surface area contributed by atoms with Gasteiger partial charge in [-0.2, -0.15) is 0 Å². The van der Waals surface area contributed by atoms with Crippen molar-refractivity contribution >= 4 is 34.2 Å². The summed E-state index contributed by atoms with van der Waals surface area (Å²) in [6.07, 6.45) is 1.85. The van der Waals surface area contributed by atoms with E-state index in [0.29, 0.717) is 16.5 Å². The smallest absolute Gasteiger partial charge is 0.225 e. The van der Waals surface area contributed by atoms with Gasteiger partial charge in [-0.15, -0.1) is 0 Å². The second-order valence-electron chi connectivity index (χ2n) is 3.63. The number of aliphatic imine (C=N–C) groups is 1. The van der Waals surface area contributed by atoms with Crippen LogP contribution in [0.15, 0.2) is 23.2 Å². The summed E-state index contributed by atoms with van der Waals surface area (Å²) in [6, 6.07) is 5.06. The topological polar surface area (TPSA) is 64.9 Å². The summed E-state index contributed by atoms with van der Waals surface area (Å²) in [5.41, 5.74) is 1.24. The van der Waals surface area contributed by atoms with E-state index in [1.807, 2.05) is 6.26 Å². The molecule has 18 heavy (non-hydrogen) atoms. The summed E-state index contributed by atoms with van der Waals surface area (Å²) in [4.78, 5) is 17.1. The minimum Gasteiger partial charge on any atom is -0.506 e. The van der Waals surface area contributed by atoms with Crippen LogP contribution >= 0.6 is 11.8 Å². The Morgan fingerprint density at radius 1 is 1.50 bits per heavy atom. The molecule has 1 aromatic carbocycles. The van der Waals surface area contributed by atoms with Gasteiger partial charge in [0, 0.05) is 27.1 Å². The number of amides is 1. The van der Waals surface area contributed by atoms with Crippen molar-refractivity contribution in [2.75, 3.05) is 25.7 Å². The maximum Gasteiger partial charge on any atom is 0.225 e. The number of carbonyl (C=O) groups is 1. The number of nitrogens with one attached hydrogen (secondary N) is 1. The first-order valence-electron chi connectivity index (χ1n) is 5.37. The first-order chi connectivity index (χ1) is 8.49. The van der Waals surface area contributed by atoms with E-state index >= 15 is 0 Å². The highest BCUT2D eigenvalue weighted by atomic mass is 32.2. The number of anilines is 1. The van der Waals surface area contributed by atoms with Gasteiger partial charge in [0.25, 0.3) is 0 Å². The Bertz CT molecular complexity index is 474. The molecule has 1 amide bonds. The first-order valence-corrected chi connectivity index (χ1v) is 6.59. The fourth-order valence-corrected chi connectivity index (χ4v) is 1.90. The average Bonchev–Trinajstić information content (AvgIpc) is 2.35. The standard InChI is InChI=1S/C12H17N3O2S/c1-8(16)15(3)12(18-4)14-9-5-6-10(13-2)11(17)7-9/h5-7,13,17H,1-4H3. The number of hydrogen-bond donors (Lipinski definition) is 2. The lowest BCUT2D eigenvalue weighted by molar-refractivity contribution is -0.124. The number of phenols is 1. The van der Waals surface area contributed by atoms with Crippen molar-refractivity contribution in [2.24, 2.45) is 4.99 Å². The zero-order valence-corrected chi connectivity index (χ0v) is 11.7. The molecule has 0 heterocycles. The van der Waals surface area contributed by atoms with E-state index in [1.54, 1.807) is 32.3 Å². The van der Waals surface area contributed by atoms with Gasteiger partial charge < -0.3 is 10.4 Å². The van der Waals surface area contributed by atoms with Gasteiger partial charge in [-0.3, -0.25) is 9.69 Å². The van der Waals surface area contributed by atoms with Crippen molar-refractivity contribution in [1.82, 2.24) is 4.90 Å². The Morgan fingerprint density at radius 2 is 2.17 bits per heavy atom. The average molecular weight is 267 g/mol. The predicted octanol–water partition coefficient (Wildman–Crippen LogP) is 2.26. The van der Waals surface area contributed by atoms with Crippen LogP contribution in [0.3, 0.4) is 0 Å². The molecule has 1 aromatic rings. The normalized spacial score (nSPS) is 11.2. The van der Waals surface area contributed by atoms with Gasteiger partial charge in [0.2, 0.25) is 5.91 Å². The quantitative estimate of drug-likeness (QED) is 0.490. The highest BCUT2D eigenvalue weighted by molar-refractivity contribution is 8.13. The fourth-order valence-electron chi connectivity index (χ4n) is 1.30. The molecular weight excluding hydrogens is 250 g/mol. The van der Waals surface area contributed by atoms with E-state index in [1.165, 1.54) is 23.6 Å². The van der Waals surface area contributed by atoms with Gasteiger partial charge in [0.05, 0.1) is 11.4 Å². The van der Waals surface area contributed by atoms with E-state index in [4.69, 9.17) is 0 Å². The molecule has 0 saturated heterocycles. The monoisotopic (exact) mass is 267 g/mol. The van der Waals surface area contributed by atoms with Gasteiger partial charge in [-0.05, 0) is 18.4 Å². The molecule has 0 aliphatic carbocycles. The van der Waals surface area contributed by atoms with Crippen LogP contribution in [-0.4, -0.2) is 41.4 Å². The number of aromatic hydroxyl groups is 1. The summed E-state index contributed by atoms with van der Waals surface area (Å²) in [6.45, 7) is 1.48. The molecule has 0 aliphatic heterocycles. The summed E-state index contributed by atoms with van der Waals surface area (Å²) < 4.78 is 0. The molecule has 0 aromatic heterocycles. The van der Waals surface area contributed by atoms with Crippen molar-refractivity contribution in [3.8, 4) is 5.75 Å². The minimum absolute atomic E-state index is 0.0841. The van der Waals surface area contributed by atoms with Gasteiger partial charge in [-0.25, -0.2) is 4.99 Å². The van der Waals surface area contributed by atoms with Crippen LogP contribution < -0.4 is 5.32 Å². The van der Waals surface area contributed by atoms with Crippen molar-refractivity contribution in [2.45, 2.75) is 6.92 Å². The molecule has 0 bridgehead atoms. The summed E-state index contributed by atoms with van der Waals surface area (Å²) in [5.74, 6) is 0.0452. The van der Waals surface area contributed by atoms with Gasteiger partial charge >= 0.3 is 0 Å². The molecule has 0 unspecified atom stereocenters. The lowest BCUT2D eigenvalue weighted by atomic mass is 10.2. The molecule has 6 heteroatoms. The third-order valence-electron chi connectivity index (χ3n) is 2.42. The van der Waals surface area contributed by atoms with Crippen molar-refractivity contribution in [3.63, 3.8) is 0 Å². The van der Waals surface area contributed by atoms with Crippen LogP contribution in [0.2, 0.25) is 0 Å². The number of carbonyl (C=O) groups excluding carboxylic acids is 1. The minimum atomic E-state index is -0.0841. The number of thioether (sulfide) groups is 1. The van der Waals surface area contributed by atoms with E-state index in [-0.39, 0.29) is 11.7 Å². The third kappa shape index (κ3) is 3.40. The number of nitrogens with zero attached hydrogens (tertiary/aromatic N) is 2. The Labute approximate surface area is 111 Å². The molecule has 0 aliphatic rings. The largest absolute Gasteiger partial charge is 0.506 e. The van der Waals surface area contributed by atoms with Crippen LogP contribution in [0.5, 0.6) is 5.75 Å². The van der Waals surface area contributed by atoms with E-state index in [2.05, 4.69) is 10.3 Å². The Balaban J connectivity index is 3.06.